The van der Waals surface area contributed by atoms with Crippen LogP contribution >= 0.6 is 0 Å². The predicted molar refractivity (Wildman–Crippen MR) is 140 cm³/mol. The Morgan fingerprint density at radius 2 is 1.76 bits per heavy atom. The van der Waals surface area contributed by atoms with Crippen LogP contribution in [0.1, 0.15) is 40.5 Å². The summed E-state index contributed by atoms with van der Waals surface area (Å²) in [5.41, 5.74) is 5.13. The van der Waals surface area contributed by atoms with Crippen molar-refractivity contribution in [1.29, 1.82) is 0 Å². The van der Waals surface area contributed by atoms with Gasteiger partial charge in [0, 0.05) is 41.2 Å². The number of benzene rings is 3. The van der Waals surface area contributed by atoms with Crippen molar-refractivity contribution in [2.75, 3.05) is 29.9 Å². The maximum Gasteiger partial charge on any atom is 0.360 e. The summed E-state index contributed by atoms with van der Waals surface area (Å²) in [5, 5.41) is 9.74. The van der Waals surface area contributed by atoms with Gasteiger partial charge in [-0.2, -0.15) is 0 Å². The lowest BCUT2D eigenvalue weighted by atomic mass is 10.1. The number of aromatic amines is 1. The Morgan fingerprint density at radius 3 is 2.49 bits per heavy atom. The van der Waals surface area contributed by atoms with Crippen molar-refractivity contribution in [3.8, 4) is 11.4 Å². The molecule has 0 bridgehead atoms. The van der Waals surface area contributed by atoms with E-state index in [0.29, 0.717) is 29.2 Å². The van der Waals surface area contributed by atoms with Crippen LogP contribution in [0.15, 0.2) is 77.1 Å². The maximum absolute atomic E-state index is 12.8. The number of carbonyl (C=O) groups is 2. The minimum atomic E-state index is -0.523. The molecule has 0 radical (unpaired) electrons. The zero-order chi connectivity index (χ0) is 25.6. The van der Waals surface area contributed by atoms with Crippen LogP contribution in [0.2, 0.25) is 0 Å². The van der Waals surface area contributed by atoms with Crippen molar-refractivity contribution >= 4 is 34.2 Å². The Labute approximate surface area is 213 Å². The summed E-state index contributed by atoms with van der Waals surface area (Å²) in [6.07, 6.45) is 2.42. The van der Waals surface area contributed by atoms with Gasteiger partial charge in [0.15, 0.2) is 0 Å². The van der Waals surface area contributed by atoms with E-state index < -0.39 is 5.91 Å². The first kappa shape index (κ1) is 23.9. The Balaban J connectivity index is 1.27. The molecule has 1 fully saturated rings. The third-order valence-corrected chi connectivity index (χ3v) is 6.10. The first-order valence-corrected chi connectivity index (χ1v) is 12.1. The first-order valence-electron chi connectivity index (χ1n) is 12.1. The minimum absolute atomic E-state index is 0.168. The largest absolute Gasteiger partial charge is 0.372 e. The Hall–Kier alpha value is -4.82. The molecule has 10 nitrogen and oxygen atoms in total. The van der Waals surface area contributed by atoms with Gasteiger partial charge in [0.1, 0.15) is 12.4 Å². The van der Waals surface area contributed by atoms with E-state index in [1.807, 2.05) is 42.5 Å². The molecule has 0 atom stereocenters. The van der Waals surface area contributed by atoms with Crippen molar-refractivity contribution in [3.05, 3.63) is 77.9 Å². The number of anilines is 2. The molecule has 1 saturated heterocycles. The van der Waals surface area contributed by atoms with E-state index in [9.17, 15) is 9.59 Å². The third kappa shape index (κ3) is 5.55. The van der Waals surface area contributed by atoms with Gasteiger partial charge in [-0.1, -0.05) is 12.1 Å². The number of hydrogen-bond donors (Lipinski definition) is 2. The smallest absolute Gasteiger partial charge is 0.360 e. The predicted octanol–water partition coefficient (Wildman–Crippen LogP) is 5.15. The first-order chi connectivity index (χ1) is 18.1. The van der Waals surface area contributed by atoms with Crippen molar-refractivity contribution in [2.45, 2.75) is 19.8 Å². The number of rotatable bonds is 7. The fourth-order valence-electron chi connectivity index (χ4n) is 4.20. The Kier molecular flexibility index (Phi) is 7.00. The van der Waals surface area contributed by atoms with Gasteiger partial charge in [0.2, 0.25) is 5.11 Å². The van der Waals surface area contributed by atoms with Gasteiger partial charge in [-0.3, -0.25) is 9.59 Å². The van der Waals surface area contributed by atoms with Gasteiger partial charge in [0.25, 0.3) is 10.8 Å². The maximum atomic E-state index is 12.8. The summed E-state index contributed by atoms with van der Waals surface area (Å²) in [7, 11) is 0. The number of amides is 2. The summed E-state index contributed by atoms with van der Waals surface area (Å²) in [4.78, 5) is 43.1. The van der Waals surface area contributed by atoms with Crippen LogP contribution in [0, 0.1) is 0 Å². The molecule has 37 heavy (non-hydrogen) atoms. The summed E-state index contributed by atoms with van der Waals surface area (Å²) in [5.74, 6) is -0.0489. The van der Waals surface area contributed by atoms with Crippen LogP contribution in [0.3, 0.4) is 0 Å². The van der Waals surface area contributed by atoms with E-state index in [2.05, 4.69) is 40.3 Å². The van der Waals surface area contributed by atoms with Crippen LogP contribution in [0.5, 0.6) is 0 Å². The number of imidazole rings is 1. The van der Waals surface area contributed by atoms with Crippen molar-refractivity contribution in [1.82, 2.24) is 14.9 Å². The van der Waals surface area contributed by atoms with Crippen LogP contribution in [0.4, 0.5) is 11.4 Å². The van der Waals surface area contributed by atoms with Crippen LogP contribution in [-0.4, -0.2) is 41.5 Å². The summed E-state index contributed by atoms with van der Waals surface area (Å²) in [6.45, 7) is 4.23. The average molecular weight is 497 g/mol. The van der Waals surface area contributed by atoms with Crippen molar-refractivity contribution < 1.29 is 14.4 Å². The van der Waals surface area contributed by atoms with Gasteiger partial charge in [-0.15, -0.1) is 0 Å². The molecule has 2 N–H and O–H groups in total. The molecule has 2 heterocycles. The molecular formula is C27H26N7O3+. The van der Waals surface area contributed by atoms with E-state index in [1.54, 1.807) is 31.2 Å². The van der Waals surface area contributed by atoms with E-state index in [4.69, 9.17) is 0 Å². The van der Waals surface area contributed by atoms with Crippen LogP contribution in [-0.2, 0) is 4.84 Å². The topological polar surface area (TPSA) is 126 Å². The highest BCUT2D eigenvalue weighted by molar-refractivity contribution is 6.05. The van der Waals surface area contributed by atoms with Crippen LogP contribution in [0.25, 0.3) is 22.4 Å². The highest BCUT2D eigenvalue weighted by Gasteiger charge is 2.14. The van der Waals surface area contributed by atoms with Gasteiger partial charge in [0.05, 0.1) is 11.0 Å². The molecule has 1 aliphatic rings. The van der Waals surface area contributed by atoms with Gasteiger partial charge in [-0.05, 0) is 74.4 Å². The summed E-state index contributed by atoms with van der Waals surface area (Å²) in [6, 6.07) is 20.1. The average Bonchev–Trinajstić information content (AvgIpc) is 3.61. The van der Waals surface area contributed by atoms with E-state index in [-0.39, 0.29) is 5.91 Å². The van der Waals surface area contributed by atoms with Gasteiger partial charge >= 0.3 is 11.2 Å². The molecule has 5 rings (SSSR count). The molecule has 3 aromatic carbocycles. The second kappa shape index (κ2) is 10.8. The fraction of sp³-hybridized carbons (Fsp3) is 0.222. The zero-order valence-electron chi connectivity index (χ0n) is 20.3. The molecule has 0 saturated carbocycles. The standard InChI is InChI=1S/C27H25N7O3/c1-2-37-33-32-31-27(36)20-7-5-18(6-8-20)25-29-23-14-11-21(17-24(23)30-25)28-26(35)19-9-12-22(13-10-19)34-15-3-4-16-34/h5-14,17H,2-4,15-16H2,1H3,(H,31,33,36)/p+1. The SMILES string of the molecule is CCON=[N+]=NC(=O)c1ccc(-c2nc3ccc(NC(=O)c4ccc(N5CCCC5)cc4)cc3[nH]2)cc1. The molecule has 1 aliphatic heterocycles. The molecule has 186 valence electrons. The van der Waals surface area contributed by atoms with Gasteiger partial charge in [-0.25, -0.2) is 4.98 Å². The molecular weight excluding hydrogens is 470 g/mol. The monoisotopic (exact) mass is 496 g/mol. The van der Waals surface area contributed by atoms with E-state index >= 15 is 0 Å². The van der Waals surface area contributed by atoms with Gasteiger partial charge < -0.3 is 20.0 Å². The molecule has 4 aromatic rings. The highest BCUT2D eigenvalue weighted by atomic mass is 16.6. The summed E-state index contributed by atoms with van der Waals surface area (Å²) < 4.78 is 0. The van der Waals surface area contributed by atoms with Crippen LogP contribution < -0.4 is 15.1 Å². The van der Waals surface area contributed by atoms with E-state index in [1.165, 1.54) is 12.8 Å². The number of hydrogen-bond acceptors (Lipinski definition) is 6. The number of H-pyrrole nitrogens is 1. The lowest BCUT2D eigenvalue weighted by molar-refractivity contribution is 0.0973. The Bertz CT molecular complexity index is 1480. The molecule has 0 spiro atoms. The zero-order valence-corrected chi connectivity index (χ0v) is 20.3. The number of carbonyl (C=O) groups excluding carboxylic acids is 2. The lowest BCUT2D eigenvalue weighted by Gasteiger charge is -2.17. The number of nitrogens with one attached hydrogen (secondary N) is 2. The molecule has 10 heteroatoms. The fourth-order valence-corrected chi connectivity index (χ4v) is 4.20. The van der Waals surface area contributed by atoms with E-state index in [0.717, 1.165) is 35.4 Å². The highest BCUT2D eigenvalue weighted by Crippen LogP contribution is 2.25. The molecule has 2 amide bonds. The molecule has 1 aromatic heterocycles. The Morgan fingerprint density at radius 1 is 1.03 bits per heavy atom. The lowest BCUT2D eigenvalue weighted by Crippen LogP contribution is -2.18. The van der Waals surface area contributed by atoms with Crippen molar-refractivity contribution in [3.63, 3.8) is 0 Å². The second-order valence-corrected chi connectivity index (χ2v) is 8.58. The quantitative estimate of drug-likeness (QED) is 0.208. The third-order valence-electron chi connectivity index (χ3n) is 6.10. The number of fused-ring (bicyclic) bond motifs is 1. The second-order valence-electron chi connectivity index (χ2n) is 8.58. The number of aromatic nitrogens is 2. The van der Waals surface area contributed by atoms with Crippen molar-refractivity contribution in [2.24, 2.45) is 10.4 Å². The normalized spacial score (nSPS) is 12.7. The minimum Gasteiger partial charge on any atom is -0.372 e. The summed E-state index contributed by atoms with van der Waals surface area (Å²) >= 11 is 0. The number of nitrogens with zero attached hydrogens (tertiary/aromatic N) is 5. The molecule has 0 unspecified atom stereocenters. The molecule has 0 aliphatic carbocycles.